The molecule has 124 valence electrons. The minimum atomic E-state index is -4.00. The first kappa shape index (κ1) is 17.6. The Morgan fingerprint density at radius 3 is 2.42 bits per heavy atom. The van der Waals surface area contributed by atoms with Gasteiger partial charge >= 0.3 is 0 Å². The Morgan fingerprint density at radius 1 is 1.17 bits per heavy atom. The predicted molar refractivity (Wildman–Crippen MR) is 91.0 cm³/mol. The smallest absolute Gasteiger partial charge is 0.187 e. The molecule has 7 heteroatoms. The number of hydrazone groups is 1. The summed E-state index contributed by atoms with van der Waals surface area (Å²) in [6, 6.07) is 12.7. The highest BCUT2D eigenvalue weighted by Gasteiger charge is 2.22. The van der Waals surface area contributed by atoms with Gasteiger partial charge in [-0.05, 0) is 43.7 Å². The molecule has 0 aliphatic carbocycles. The number of nitrogens with zero attached hydrogens (tertiary/aromatic N) is 2. The van der Waals surface area contributed by atoms with Crippen molar-refractivity contribution in [2.45, 2.75) is 18.7 Å². The van der Waals surface area contributed by atoms with E-state index >= 15 is 0 Å². The first-order valence-corrected chi connectivity index (χ1v) is 8.75. The monoisotopic (exact) mass is 345 g/mol. The Morgan fingerprint density at radius 2 is 1.79 bits per heavy atom. The number of anilines is 1. The van der Waals surface area contributed by atoms with Crippen LogP contribution in [0.4, 0.5) is 10.1 Å². The van der Waals surface area contributed by atoms with E-state index in [1.54, 1.807) is 25.1 Å². The average Bonchev–Trinajstić information content (AvgIpc) is 2.55. The lowest BCUT2D eigenvalue weighted by Gasteiger charge is -2.06. The fourth-order valence-corrected chi connectivity index (χ4v) is 3.33. The molecule has 0 spiro atoms. The molecule has 0 unspecified atom stereocenters. The highest BCUT2D eigenvalue weighted by molar-refractivity contribution is 7.92. The fraction of sp³-hybridized carbons (Fsp3) is 0.176. The Balaban J connectivity index is 2.22. The molecule has 0 saturated heterocycles. The third-order valence-corrected chi connectivity index (χ3v) is 4.89. The zero-order chi connectivity index (χ0) is 17.7. The van der Waals surface area contributed by atoms with Crippen molar-refractivity contribution in [1.29, 1.82) is 5.26 Å². The SMILES string of the molecule is Cc1ccc(N/N=C(\C#N)CS(=O)(=O)c2cc(C)ccc2F)cc1. The normalized spacial score (nSPS) is 11.8. The van der Waals surface area contributed by atoms with E-state index in [1.807, 2.05) is 19.1 Å². The van der Waals surface area contributed by atoms with Crippen LogP contribution < -0.4 is 5.43 Å². The molecule has 0 aliphatic rings. The summed E-state index contributed by atoms with van der Waals surface area (Å²) >= 11 is 0. The fourth-order valence-electron chi connectivity index (χ4n) is 1.96. The Bertz CT molecular complexity index is 914. The highest BCUT2D eigenvalue weighted by atomic mass is 32.2. The highest BCUT2D eigenvalue weighted by Crippen LogP contribution is 2.18. The summed E-state index contributed by atoms with van der Waals surface area (Å²) in [6.07, 6.45) is 0. The molecule has 1 N–H and O–H groups in total. The van der Waals surface area contributed by atoms with Gasteiger partial charge in [-0.2, -0.15) is 10.4 Å². The third-order valence-electron chi connectivity index (χ3n) is 3.25. The predicted octanol–water partition coefficient (Wildman–Crippen LogP) is 3.21. The average molecular weight is 345 g/mol. The van der Waals surface area contributed by atoms with Crippen LogP contribution in [0.3, 0.4) is 0 Å². The molecule has 0 aliphatic heterocycles. The second-order valence-electron chi connectivity index (χ2n) is 5.34. The first-order chi connectivity index (χ1) is 11.3. The van der Waals surface area contributed by atoms with Crippen molar-refractivity contribution in [2.75, 3.05) is 11.2 Å². The number of rotatable bonds is 5. The van der Waals surface area contributed by atoms with Gasteiger partial charge in [0.05, 0.1) is 5.69 Å². The van der Waals surface area contributed by atoms with E-state index in [0.29, 0.717) is 11.3 Å². The molecule has 0 fully saturated rings. The van der Waals surface area contributed by atoms with Crippen LogP contribution >= 0.6 is 0 Å². The summed E-state index contributed by atoms with van der Waals surface area (Å²) in [5, 5.41) is 12.9. The lowest BCUT2D eigenvalue weighted by molar-refractivity contribution is 0.569. The Hall–Kier alpha value is -2.72. The van der Waals surface area contributed by atoms with Gasteiger partial charge in [0, 0.05) is 0 Å². The number of hydrogen-bond acceptors (Lipinski definition) is 5. The maximum absolute atomic E-state index is 13.8. The molecule has 24 heavy (non-hydrogen) atoms. The molecule has 0 saturated carbocycles. The number of nitrogens with one attached hydrogen (secondary N) is 1. The quantitative estimate of drug-likeness (QED) is 0.666. The lowest BCUT2D eigenvalue weighted by Crippen LogP contribution is -2.17. The van der Waals surface area contributed by atoms with Crippen LogP contribution in [0.15, 0.2) is 52.5 Å². The molecule has 0 amide bonds. The minimum Gasteiger partial charge on any atom is -0.278 e. The molecule has 0 aromatic heterocycles. The Labute approximate surface area is 140 Å². The van der Waals surface area contributed by atoms with Gasteiger partial charge in [0.2, 0.25) is 0 Å². The van der Waals surface area contributed by atoms with Crippen LogP contribution in [-0.4, -0.2) is 19.9 Å². The van der Waals surface area contributed by atoms with E-state index in [4.69, 9.17) is 5.26 Å². The maximum atomic E-state index is 13.8. The molecule has 0 heterocycles. The zero-order valence-corrected chi connectivity index (χ0v) is 14.1. The van der Waals surface area contributed by atoms with Crippen LogP contribution in [0.5, 0.6) is 0 Å². The standard InChI is InChI=1S/C17H16FN3O2S/c1-12-3-6-14(7-4-12)20-21-15(10-19)11-24(22,23)17-9-13(2)5-8-16(17)18/h3-9,20H,11H2,1-2H3/b21-15+. The van der Waals surface area contributed by atoms with Crippen molar-refractivity contribution in [2.24, 2.45) is 5.10 Å². The molecule has 0 bridgehead atoms. The molecule has 0 atom stereocenters. The van der Waals surface area contributed by atoms with Gasteiger partial charge in [-0.1, -0.05) is 23.8 Å². The number of benzene rings is 2. The summed E-state index contributed by atoms with van der Waals surface area (Å²) in [6.45, 7) is 3.59. The van der Waals surface area contributed by atoms with Crippen LogP contribution in [0.25, 0.3) is 0 Å². The van der Waals surface area contributed by atoms with Crippen LogP contribution in [0, 0.1) is 31.0 Å². The number of halogens is 1. The van der Waals surface area contributed by atoms with Crippen molar-refractivity contribution >= 4 is 21.2 Å². The van der Waals surface area contributed by atoms with E-state index in [2.05, 4.69) is 10.5 Å². The maximum Gasteiger partial charge on any atom is 0.187 e. The van der Waals surface area contributed by atoms with E-state index in [1.165, 1.54) is 12.1 Å². The van der Waals surface area contributed by atoms with Gasteiger partial charge in [-0.15, -0.1) is 0 Å². The molecule has 5 nitrogen and oxygen atoms in total. The van der Waals surface area contributed by atoms with Crippen LogP contribution in [0.1, 0.15) is 11.1 Å². The lowest BCUT2D eigenvalue weighted by atomic mass is 10.2. The topological polar surface area (TPSA) is 82.3 Å². The van der Waals surface area contributed by atoms with Crippen LogP contribution in [-0.2, 0) is 9.84 Å². The summed E-state index contributed by atoms with van der Waals surface area (Å²) < 4.78 is 38.5. The van der Waals surface area contributed by atoms with E-state index in [-0.39, 0.29) is 5.71 Å². The molecule has 2 aromatic rings. The van der Waals surface area contributed by atoms with Crippen molar-refractivity contribution in [3.63, 3.8) is 0 Å². The number of sulfone groups is 1. The minimum absolute atomic E-state index is 0.253. The summed E-state index contributed by atoms with van der Waals surface area (Å²) in [5.74, 6) is -1.52. The molecule has 2 aromatic carbocycles. The first-order valence-electron chi connectivity index (χ1n) is 7.10. The van der Waals surface area contributed by atoms with E-state index < -0.39 is 26.3 Å². The summed E-state index contributed by atoms with van der Waals surface area (Å²) in [5.41, 5.74) is 4.67. The van der Waals surface area contributed by atoms with Crippen molar-refractivity contribution in [1.82, 2.24) is 0 Å². The number of hydrogen-bond donors (Lipinski definition) is 1. The van der Waals surface area contributed by atoms with Gasteiger partial charge in [-0.25, -0.2) is 12.8 Å². The van der Waals surface area contributed by atoms with Gasteiger partial charge in [-0.3, -0.25) is 5.43 Å². The van der Waals surface area contributed by atoms with Gasteiger partial charge in [0.1, 0.15) is 22.5 Å². The number of aryl methyl sites for hydroxylation is 2. The third kappa shape index (κ3) is 4.40. The summed E-state index contributed by atoms with van der Waals surface area (Å²) in [4.78, 5) is -0.430. The van der Waals surface area contributed by atoms with Gasteiger partial charge in [0.15, 0.2) is 15.5 Å². The molecule has 2 rings (SSSR count). The summed E-state index contributed by atoms with van der Waals surface area (Å²) in [7, 11) is -4.00. The van der Waals surface area contributed by atoms with Crippen LogP contribution in [0.2, 0.25) is 0 Å². The van der Waals surface area contributed by atoms with Gasteiger partial charge < -0.3 is 0 Å². The molecular weight excluding hydrogens is 329 g/mol. The van der Waals surface area contributed by atoms with Crippen molar-refractivity contribution in [3.8, 4) is 6.07 Å². The number of nitriles is 1. The largest absolute Gasteiger partial charge is 0.278 e. The molecule has 0 radical (unpaired) electrons. The Kier molecular flexibility index (Phi) is 5.31. The second kappa shape index (κ2) is 7.23. The molecular formula is C17H16FN3O2S. The van der Waals surface area contributed by atoms with Crippen molar-refractivity contribution in [3.05, 3.63) is 59.4 Å². The zero-order valence-electron chi connectivity index (χ0n) is 13.2. The van der Waals surface area contributed by atoms with E-state index in [0.717, 1.165) is 11.6 Å². The van der Waals surface area contributed by atoms with Crippen molar-refractivity contribution < 1.29 is 12.8 Å². The second-order valence-corrected chi connectivity index (χ2v) is 7.30. The van der Waals surface area contributed by atoms with Gasteiger partial charge in [0.25, 0.3) is 0 Å². The van der Waals surface area contributed by atoms with E-state index in [9.17, 15) is 12.8 Å².